The zero-order chi connectivity index (χ0) is 27.1. The fourth-order valence-electron chi connectivity index (χ4n) is 4.42. The number of benzene rings is 2. The van der Waals surface area contributed by atoms with Gasteiger partial charge in [0.1, 0.15) is 0 Å². The van der Waals surface area contributed by atoms with Crippen LogP contribution >= 0.6 is 0 Å². The molecule has 0 fully saturated rings. The molecule has 0 amide bonds. The Morgan fingerprint density at radius 3 is 1.76 bits per heavy atom. The van der Waals surface area contributed by atoms with Crippen molar-refractivity contribution in [3.63, 3.8) is 0 Å². The van der Waals surface area contributed by atoms with Crippen molar-refractivity contribution in [2.45, 2.75) is 117 Å². The molecular weight excluding hydrogens is 460 g/mol. The first-order chi connectivity index (χ1) is 18.7. The van der Waals surface area contributed by atoms with E-state index < -0.39 is 0 Å². The van der Waals surface area contributed by atoms with Crippen molar-refractivity contribution in [1.29, 1.82) is 0 Å². The largest absolute Gasteiger partial charge is 0.255 e. The van der Waals surface area contributed by atoms with Gasteiger partial charge in [0.25, 0.3) is 0 Å². The van der Waals surface area contributed by atoms with E-state index in [0.717, 1.165) is 42.8 Å². The topological polar surface area (TPSA) is 24.7 Å². The monoisotopic (exact) mass is 512 g/mol. The predicted molar refractivity (Wildman–Crippen MR) is 172 cm³/mol. The molecule has 2 aromatic carbocycles. The fraction of sp³-hybridized carbons (Fsp3) is 0.500. The first-order valence-electron chi connectivity index (χ1n) is 15.4. The van der Waals surface area contributed by atoms with Crippen LogP contribution in [0.5, 0.6) is 0 Å². The molecule has 0 N–H and O–H groups in total. The number of rotatable bonds is 20. The molecule has 0 bridgehead atoms. The molecule has 0 saturated heterocycles. The maximum absolute atomic E-state index is 5.05. The highest BCUT2D eigenvalue weighted by atomic mass is 14.8. The summed E-state index contributed by atoms with van der Waals surface area (Å²) in [5.74, 6) is 0. The third-order valence-corrected chi connectivity index (χ3v) is 6.73. The molecule has 2 rings (SSSR count). The van der Waals surface area contributed by atoms with Gasteiger partial charge in [-0.05, 0) is 73.9 Å². The molecule has 0 spiro atoms. The predicted octanol–water partition coefficient (Wildman–Crippen LogP) is 12.1. The van der Waals surface area contributed by atoms with Crippen molar-refractivity contribution in [2.24, 2.45) is 9.98 Å². The van der Waals surface area contributed by atoms with Crippen LogP contribution < -0.4 is 0 Å². The highest BCUT2D eigenvalue weighted by molar-refractivity contribution is 6.31. The van der Waals surface area contributed by atoms with Gasteiger partial charge in [-0.1, -0.05) is 127 Å². The lowest BCUT2D eigenvalue weighted by atomic mass is 10.1. The van der Waals surface area contributed by atoms with Gasteiger partial charge in [-0.3, -0.25) is 9.98 Å². The van der Waals surface area contributed by atoms with Crippen LogP contribution in [0.15, 0.2) is 70.7 Å². The maximum Gasteiger partial charge on any atom is 0.0639 e. The van der Waals surface area contributed by atoms with E-state index in [0.29, 0.717) is 0 Å². The fourth-order valence-corrected chi connectivity index (χ4v) is 4.42. The number of allylic oxidation sites excluding steroid dienone is 2. The van der Waals surface area contributed by atoms with Gasteiger partial charge >= 0.3 is 0 Å². The average molecular weight is 513 g/mol. The second-order valence-corrected chi connectivity index (χ2v) is 10.4. The summed E-state index contributed by atoms with van der Waals surface area (Å²) in [5, 5.41) is 0. The molecule has 0 aromatic heterocycles. The van der Waals surface area contributed by atoms with Crippen LogP contribution in [0.3, 0.4) is 0 Å². The Bertz CT molecular complexity index is 996. The van der Waals surface area contributed by atoms with Gasteiger partial charge in [-0.25, -0.2) is 0 Å². The zero-order valence-electron chi connectivity index (χ0n) is 24.5. The van der Waals surface area contributed by atoms with E-state index in [-0.39, 0.29) is 0 Å². The molecule has 38 heavy (non-hydrogen) atoms. The van der Waals surface area contributed by atoms with E-state index in [2.05, 4.69) is 93.6 Å². The van der Waals surface area contributed by atoms with Crippen LogP contribution in [0.2, 0.25) is 0 Å². The highest BCUT2D eigenvalue weighted by Crippen LogP contribution is 2.19. The number of aliphatic imine (C=N–C) groups is 2. The Kier molecular flexibility index (Phi) is 17.6. The molecule has 2 heteroatoms. The zero-order valence-corrected chi connectivity index (χ0v) is 24.5. The Hall–Kier alpha value is -2.74. The first kappa shape index (κ1) is 31.5. The van der Waals surface area contributed by atoms with Crippen molar-refractivity contribution in [3.8, 4) is 0 Å². The summed E-state index contributed by atoms with van der Waals surface area (Å²) in [6, 6.07) is 17.1. The normalized spacial score (nSPS) is 12.4. The van der Waals surface area contributed by atoms with E-state index in [1.807, 2.05) is 6.21 Å². The molecule has 2 aromatic rings. The second kappa shape index (κ2) is 21.2. The van der Waals surface area contributed by atoms with Crippen molar-refractivity contribution in [1.82, 2.24) is 0 Å². The van der Waals surface area contributed by atoms with Crippen LogP contribution in [0.4, 0.5) is 11.4 Å². The minimum absolute atomic E-state index is 0.962. The number of hydrogen-bond acceptors (Lipinski definition) is 2. The Morgan fingerprint density at radius 2 is 1.13 bits per heavy atom. The van der Waals surface area contributed by atoms with Gasteiger partial charge < -0.3 is 0 Å². The number of hydrogen-bond donors (Lipinski definition) is 0. The lowest BCUT2D eigenvalue weighted by Crippen LogP contribution is -2.00. The molecule has 206 valence electrons. The maximum atomic E-state index is 5.05. The molecule has 0 heterocycles. The van der Waals surface area contributed by atoms with E-state index >= 15 is 0 Å². The quantitative estimate of drug-likeness (QED) is 0.124. The van der Waals surface area contributed by atoms with Gasteiger partial charge in [-0.2, -0.15) is 0 Å². The number of nitrogens with zero attached hydrogens (tertiary/aromatic N) is 2. The summed E-state index contributed by atoms with van der Waals surface area (Å²) < 4.78 is 0. The molecular formula is C36H52N2. The third-order valence-electron chi connectivity index (χ3n) is 6.73. The van der Waals surface area contributed by atoms with Crippen LogP contribution in [0, 0.1) is 0 Å². The van der Waals surface area contributed by atoms with Gasteiger partial charge in [0.2, 0.25) is 0 Å². The minimum atomic E-state index is 0.962. The van der Waals surface area contributed by atoms with Gasteiger partial charge in [-0.15, -0.1) is 0 Å². The molecule has 0 saturated carbocycles. The number of unbranched alkanes of at least 4 members (excludes halogenated alkanes) is 11. The van der Waals surface area contributed by atoms with Gasteiger partial charge in [0.15, 0.2) is 0 Å². The molecule has 0 aliphatic carbocycles. The van der Waals surface area contributed by atoms with E-state index in [9.17, 15) is 0 Å². The van der Waals surface area contributed by atoms with Crippen molar-refractivity contribution in [2.75, 3.05) is 0 Å². The smallest absolute Gasteiger partial charge is 0.0639 e. The van der Waals surface area contributed by atoms with Crippen LogP contribution in [0.25, 0.3) is 12.2 Å². The van der Waals surface area contributed by atoms with E-state index in [1.165, 1.54) is 81.8 Å². The summed E-state index contributed by atoms with van der Waals surface area (Å²) in [5.41, 5.74) is 5.49. The van der Waals surface area contributed by atoms with Crippen molar-refractivity contribution in [3.05, 3.63) is 71.8 Å². The van der Waals surface area contributed by atoms with E-state index in [4.69, 9.17) is 9.98 Å². The molecule has 0 aliphatic rings. The third kappa shape index (κ3) is 14.9. The Labute approximate surface area is 234 Å². The van der Waals surface area contributed by atoms with Crippen LogP contribution in [-0.4, -0.2) is 11.9 Å². The summed E-state index contributed by atoms with van der Waals surface area (Å²) in [6.07, 6.45) is 29.6. The van der Waals surface area contributed by atoms with Crippen LogP contribution in [0.1, 0.15) is 128 Å². The lowest BCUT2D eigenvalue weighted by Gasteiger charge is -2.04. The standard InChI is InChI=1S/C36H52N2/c1-4-7-10-13-16-19-26-36(38-35-28-21-25-33(30-35)23-18-15-12-9-6-3)31-37-34-27-20-24-32(29-34)22-17-14-11-8-5-2/h17-18,20-25,27-31H,4-16,19,26H2,1-3H3. The Balaban J connectivity index is 2.11. The molecule has 0 unspecified atom stereocenters. The van der Waals surface area contributed by atoms with Gasteiger partial charge in [0, 0.05) is 6.21 Å². The summed E-state index contributed by atoms with van der Waals surface area (Å²) in [7, 11) is 0. The first-order valence-corrected chi connectivity index (χ1v) is 15.4. The second-order valence-electron chi connectivity index (χ2n) is 10.4. The Morgan fingerprint density at radius 1 is 0.605 bits per heavy atom. The summed E-state index contributed by atoms with van der Waals surface area (Å²) in [4.78, 5) is 9.89. The highest BCUT2D eigenvalue weighted by Gasteiger charge is 2.01. The molecule has 0 radical (unpaired) electrons. The summed E-state index contributed by atoms with van der Waals surface area (Å²) in [6.45, 7) is 6.77. The van der Waals surface area contributed by atoms with E-state index in [1.54, 1.807) is 0 Å². The summed E-state index contributed by atoms with van der Waals surface area (Å²) >= 11 is 0. The van der Waals surface area contributed by atoms with Crippen molar-refractivity contribution >= 4 is 35.5 Å². The average Bonchev–Trinajstić information content (AvgIpc) is 2.93. The molecule has 2 nitrogen and oxygen atoms in total. The van der Waals surface area contributed by atoms with Crippen molar-refractivity contribution < 1.29 is 0 Å². The minimum Gasteiger partial charge on any atom is -0.255 e. The lowest BCUT2D eigenvalue weighted by molar-refractivity contribution is 0.616. The van der Waals surface area contributed by atoms with Gasteiger partial charge in [0.05, 0.1) is 17.1 Å². The molecule has 0 atom stereocenters. The molecule has 0 aliphatic heterocycles. The SMILES string of the molecule is CCCCCC=Cc1cccc(N=CC(CCCCCCCC)=Nc2cccc(C=CCCCCC)c2)c1. The van der Waals surface area contributed by atoms with Crippen LogP contribution in [-0.2, 0) is 0 Å².